The lowest BCUT2D eigenvalue weighted by molar-refractivity contribution is -0.130. The number of carbonyl (C=O) groups excluding carboxylic acids is 2. The molecular weight excluding hydrogens is 288 g/mol. The van der Waals surface area contributed by atoms with Crippen LogP contribution in [0, 0.1) is 0 Å². The molecule has 0 aliphatic carbocycles. The smallest absolute Gasteiger partial charge is 0.231 e. The van der Waals surface area contributed by atoms with Crippen LogP contribution in [0.4, 0.5) is 0 Å². The van der Waals surface area contributed by atoms with E-state index in [0.29, 0.717) is 19.5 Å². The molecule has 2 heterocycles. The molecule has 0 radical (unpaired) electrons. The highest BCUT2D eigenvalue weighted by Crippen LogP contribution is 2.12. The molecule has 2 N–H and O–H groups in total. The van der Waals surface area contributed by atoms with Crippen LogP contribution < -0.4 is 5.73 Å². The molecule has 1 aliphatic heterocycles. The van der Waals surface area contributed by atoms with Crippen LogP contribution in [0.25, 0.3) is 0 Å². The zero-order valence-electron chi connectivity index (χ0n) is 12.4. The minimum absolute atomic E-state index is 0.115. The minimum Gasteiger partial charge on any atom is -0.369 e. The Morgan fingerprint density at radius 1 is 1.33 bits per heavy atom. The number of thiazole rings is 1. The lowest BCUT2D eigenvalue weighted by atomic mass is 10.3. The predicted octanol–water partition coefficient (Wildman–Crippen LogP) is 0.268. The number of primary amides is 1. The highest BCUT2D eigenvalue weighted by atomic mass is 32.1. The summed E-state index contributed by atoms with van der Waals surface area (Å²) in [5, 5.41) is 3.04. The number of rotatable bonds is 5. The molecular formula is C14H22N4O2S. The summed E-state index contributed by atoms with van der Waals surface area (Å²) in [5.74, 6) is -0.201. The zero-order chi connectivity index (χ0) is 15.2. The molecule has 21 heavy (non-hydrogen) atoms. The number of amides is 2. The van der Waals surface area contributed by atoms with Crippen LogP contribution in [-0.4, -0.2) is 59.3 Å². The highest BCUT2D eigenvalue weighted by Gasteiger charge is 2.20. The van der Waals surface area contributed by atoms with Gasteiger partial charge in [0.05, 0.1) is 23.7 Å². The van der Waals surface area contributed by atoms with Crippen LogP contribution in [0.1, 0.15) is 24.0 Å². The molecule has 0 bridgehead atoms. The van der Waals surface area contributed by atoms with Crippen molar-refractivity contribution >= 4 is 23.2 Å². The fourth-order valence-corrected chi connectivity index (χ4v) is 3.20. The average molecular weight is 310 g/mol. The number of carbonyl (C=O) groups is 2. The average Bonchev–Trinajstić information content (AvgIpc) is 2.76. The van der Waals surface area contributed by atoms with Gasteiger partial charge in [0.2, 0.25) is 11.8 Å². The summed E-state index contributed by atoms with van der Waals surface area (Å²) in [6.07, 6.45) is 2.15. The van der Waals surface area contributed by atoms with Crippen LogP contribution in [0.5, 0.6) is 0 Å². The molecule has 6 nitrogen and oxygen atoms in total. The maximum Gasteiger partial charge on any atom is 0.231 e. The second kappa shape index (κ2) is 7.51. The van der Waals surface area contributed by atoms with Gasteiger partial charge in [0, 0.05) is 31.6 Å². The number of nitrogens with zero attached hydrogens (tertiary/aromatic N) is 3. The molecule has 0 aromatic carbocycles. The zero-order valence-corrected chi connectivity index (χ0v) is 13.2. The van der Waals surface area contributed by atoms with Crippen LogP contribution in [-0.2, 0) is 22.4 Å². The molecule has 0 atom stereocenters. The van der Waals surface area contributed by atoms with E-state index in [1.54, 1.807) is 11.3 Å². The summed E-state index contributed by atoms with van der Waals surface area (Å²) in [4.78, 5) is 31.6. The van der Waals surface area contributed by atoms with Crippen molar-refractivity contribution in [3.63, 3.8) is 0 Å². The second-order valence-electron chi connectivity index (χ2n) is 5.24. The molecule has 2 amide bonds. The monoisotopic (exact) mass is 310 g/mol. The van der Waals surface area contributed by atoms with E-state index in [1.165, 1.54) is 0 Å². The van der Waals surface area contributed by atoms with Crippen LogP contribution in [0.2, 0.25) is 0 Å². The lowest BCUT2D eigenvalue weighted by Gasteiger charge is -2.21. The van der Waals surface area contributed by atoms with Crippen LogP contribution in [0.15, 0.2) is 5.38 Å². The summed E-state index contributed by atoms with van der Waals surface area (Å²) in [7, 11) is 0. The van der Waals surface area contributed by atoms with Gasteiger partial charge < -0.3 is 10.6 Å². The molecule has 2 rings (SSSR count). The van der Waals surface area contributed by atoms with Crippen LogP contribution in [0.3, 0.4) is 0 Å². The topological polar surface area (TPSA) is 79.5 Å². The third-order valence-electron chi connectivity index (χ3n) is 3.55. The number of aromatic nitrogens is 1. The Bertz CT molecular complexity index is 503. The van der Waals surface area contributed by atoms with Crippen molar-refractivity contribution in [3.8, 4) is 0 Å². The van der Waals surface area contributed by atoms with E-state index >= 15 is 0 Å². The van der Waals surface area contributed by atoms with Gasteiger partial charge in [-0.05, 0) is 12.8 Å². The predicted molar refractivity (Wildman–Crippen MR) is 82.0 cm³/mol. The van der Waals surface area contributed by atoms with Crippen molar-refractivity contribution in [2.75, 3.05) is 32.7 Å². The van der Waals surface area contributed by atoms with E-state index in [1.807, 2.05) is 15.2 Å². The maximum atomic E-state index is 12.3. The molecule has 7 heteroatoms. The van der Waals surface area contributed by atoms with Gasteiger partial charge in [-0.3, -0.25) is 14.5 Å². The third-order valence-corrected chi connectivity index (χ3v) is 4.60. The Kier molecular flexibility index (Phi) is 5.69. The summed E-state index contributed by atoms with van der Waals surface area (Å²) in [5.41, 5.74) is 6.08. The molecule has 1 aromatic rings. The molecule has 0 spiro atoms. The van der Waals surface area contributed by atoms with E-state index in [4.69, 9.17) is 5.73 Å². The summed E-state index contributed by atoms with van der Waals surface area (Å²) < 4.78 is 0. The first-order chi connectivity index (χ1) is 10.1. The molecule has 116 valence electrons. The Morgan fingerprint density at radius 3 is 2.81 bits per heavy atom. The van der Waals surface area contributed by atoms with Gasteiger partial charge in [0.1, 0.15) is 0 Å². The van der Waals surface area contributed by atoms with Crippen molar-refractivity contribution in [1.29, 1.82) is 0 Å². The van der Waals surface area contributed by atoms with Gasteiger partial charge in [-0.2, -0.15) is 0 Å². The number of hydrogen-bond acceptors (Lipinski definition) is 5. The quantitative estimate of drug-likeness (QED) is 0.846. The Balaban J connectivity index is 1.86. The Morgan fingerprint density at radius 2 is 2.14 bits per heavy atom. The van der Waals surface area contributed by atoms with Gasteiger partial charge in [0.15, 0.2) is 0 Å². The van der Waals surface area contributed by atoms with E-state index in [2.05, 4.69) is 11.9 Å². The first-order valence-electron chi connectivity index (χ1n) is 7.30. The van der Waals surface area contributed by atoms with E-state index in [-0.39, 0.29) is 18.4 Å². The van der Waals surface area contributed by atoms with Gasteiger partial charge in [-0.15, -0.1) is 11.3 Å². The molecule has 0 saturated carbocycles. The van der Waals surface area contributed by atoms with Crippen molar-refractivity contribution < 1.29 is 9.59 Å². The molecule has 1 aliphatic rings. The lowest BCUT2D eigenvalue weighted by Crippen LogP contribution is -2.38. The first kappa shape index (κ1) is 15.9. The molecule has 1 fully saturated rings. The van der Waals surface area contributed by atoms with Gasteiger partial charge in [-0.1, -0.05) is 6.92 Å². The minimum atomic E-state index is -0.315. The van der Waals surface area contributed by atoms with Crippen LogP contribution >= 0.6 is 11.3 Å². The summed E-state index contributed by atoms with van der Waals surface area (Å²) in [6, 6.07) is 0. The highest BCUT2D eigenvalue weighted by molar-refractivity contribution is 7.09. The molecule has 1 aromatic heterocycles. The number of nitrogens with two attached hydrogens (primary N) is 1. The third kappa shape index (κ3) is 4.78. The van der Waals surface area contributed by atoms with Crippen molar-refractivity contribution in [1.82, 2.24) is 14.8 Å². The molecule has 0 unspecified atom stereocenters. The Hall–Kier alpha value is -1.47. The number of aryl methyl sites for hydroxylation is 1. The van der Waals surface area contributed by atoms with E-state index in [9.17, 15) is 9.59 Å². The van der Waals surface area contributed by atoms with Gasteiger partial charge >= 0.3 is 0 Å². The van der Waals surface area contributed by atoms with E-state index < -0.39 is 0 Å². The van der Waals surface area contributed by atoms with Crippen molar-refractivity contribution in [3.05, 3.63) is 16.1 Å². The Labute approximate surface area is 128 Å². The summed E-state index contributed by atoms with van der Waals surface area (Å²) >= 11 is 1.61. The van der Waals surface area contributed by atoms with E-state index in [0.717, 1.165) is 36.6 Å². The van der Waals surface area contributed by atoms with Crippen molar-refractivity contribution in [2.45, 2.75) is 26.2 Å². The standard InChI is InChI=1S/C14H22N4O2S/c1-2-13-16-11(10-21-13)8-14(20)18-5-3-4-17(6-7-18)9-12(15)19/h10H,2-9H2,1H3,(H2,15,19). The first-order valence-corrected chi connectivity index (χ1v) is 8.18. The van der Waals surface area contributed by atoms with Gasteiger partial charge in [0.25, 0.3) is 0 Å². The molecule has 1 saturated heterocycles. The normalized spacial score (nSPS) is 16.7. The SMILES string of the molecule is CCc1nc(CC(=O)N2CCCN(CC(N)=O)CC2)cs1. The maximum absolute atomic E-state index is 12.3. The summed E-state index contributed by atoms with van der Waals surface area (Å²) in [6.45, 7) is 5.23. The van der Waals surface area contributed by atoms with Gasteiger partial charge in [-0.25, -0.2) is 4.98 Å². The largest absolute Gasteiger partial charge is 0.369 e. The number of hydrogen-bond donors (Lipinski definition) is 1. The van der Waals surface area contributed by atoms with Crippen molar-refractivity contribution in [2.24, 2.45) is 5.73 Å². The fraction of sp³-hybridized carbons (Fsp3) is 0.643. The fourth-order valence-electron chi connectivity index (χ4n) is 2.46. The second-order valence-corrected chi connectivity index (χ2v) is 6.18.